The largest absolute Gasteiger partial charge is 0.502 e. The molecule has 2 aliphatic carbocycles. The molecule has 3 aromatic carbocycles. The number of ether oxygens (including phenoxy) is 3. The van der Waals surface area contributed by atoms with E-state index in [0.717, 1.165) is 5.69 Å². The summed E-state index contributed by atoms with van der Waals surface area (Å²) in [4.78, 5) is 67.0. The molecule has 5 aliphatic rings. The van der Waals surface area contributed by atoms with Crippen molar-refractivity contribution in [1.29, 1.82) is 0 Å². The molecule has 0 radical (unpaired) electrons. The van der Waals surface area contributed by atoms with Crippen LogP contribution in [-0.2, 0) is 35.5 Å². The average Bonchev–Trinajstić information content (AvgIpc) is 3.65. The number of nitrogens with one attached hydrogen (secondary N) is 1. The number of phenols is 1. The van der Waals surface area contributed by atoms with Crippen LogP contribution in [0.4, 0.5) is 30.4 Å². The Kier molecular flexibility index (Phi) is 10.4. The number of allylic oxidation sites excluding steroid dienone is 2. The molecule has 18 heteroatoms. The minimum Gasteiger partial charge on any atom is -0.502 e. The Morgan fingerprint density at radius 2 is 1.52 bits per heavy atom. The van der Waals surface area contributed by atoms with Crippen molar-refractivity contribution < 1.29 is 51.7 Å². The second-order valence-corrected chi connectivity index (χ2v) is 16.7. The maximum atomic E-state index is 15.5. The first-order valence-corrected chi connectivity index (χ1v) is 20.5. The number of hydrazine groups is 1. The first-order valence-electron chi connectivity index (χ1n) is 19.8. The molecular weight excluding hydrogens is 854 g/mol. The molecule has 6 unspecified atom stereocenters. The molecule has 9 rings (SSSR count). The van der Waals surface area contributed by atoms with Crippen LogP contribution in [0.25, 0.3) is 0 Å². The van der Waals surface area contributed by atoms with Crippen LogP contribution >= 0.6 is 23.2 Å². The van der Waals surface area contributed by atoms with E-state index in [0.29, 0.717) is 71.0 Å². The molecular formula is C44H38Cl2F3N5O8. The van der Waals surface area contributed by atoms with Gasteiger partial charge in [0.2, 0.25) is 17.6 Å². The molecule has 3 saturated heterocycles. The Morgan fingerprint density at radius 3 is 2.13 bits per heavy atom. The quantitative estimate of drug-likeness (QED) is 0.137. The van der Waals surface area contributed by atoms with E-state index in [1.54, 1.807) is 36.4 Å². The number of phenolic OH excluding ortho intramolecular Hbond substituents is 1. The fourth-order valence-electron chi connectivity index (χ4n) is 10.1. The fraction of sp³-hybridized carbons (Fsp3) is 0.341. The lowest BCUT2D eigenvalue weighted by Gasteiger charge is -2.50. The van der Waals surface area contributed by atoms with Crippen LogP contribution in [0.15, 0.2) is 84.6 Å². The number of amides is 4. The predicted molar refractivity (Wildman–Crippen MR) is 220 cm³/mol. The van der Waals surface area contributed by atoms with E-state index in [-0.39, 0.29) is 35.9 Å². The van der Waals surface area contributed by atoms with E-state index >= 15 is 9.59 Å². The summed E-state index contributed by atoms with van der Waals surface area (Å²) >= 11 is 12.7. The monoisotopic (exact) mass is 891 g/mol. The van der Waals surface area contributed by atoms with Crippen molar-refractivity contribution >= 4 is 64.0 Å². The summed E-state index contributed by atoms with van der Waals surface area (Å²) in [7, 11) is 2.68. The number of imide groups is 2. The predicted octanol–water partition coefficient (Wildman–Crippen LogP) is 7.16. The number of halogens is 5. The summed E-state index contributed by atoms with van der Waals surface area (Å²) in [6, 6.07) is 17.2. The van der Waals surface area contributed by atoms with Gasteiger partial charge in [-0.15, -0.1) is 0 Å². The van der Waals surface area contributed by atoms with Gasteiger partial charge in [-0.2, -0.15) is 18.2 Å². The zero-order chi connectivity index (χ0) is 43.8. The Bertz CT molecular complexity index is 2510. The maximum absolute atomic E-state index is 15.5. The lowest BCUT2D eigenvalue weighted by atomic mass is 9.49. The minimum atomic E-state index is -4.77. The van der Waals surface area contributed by atoms with Crippen LogP contribution in [0, 0.1) is 23.7 Å². The van der Waals surface area contributed by atoms with Gasteiger partial charge in [-0.1, -0.05) is 47.0 Å². The Morgan fingerprint density at radius 1 is 0.871 bits per heavy atom. The molecule has 1 saturated carbocycles. The topological polar surface area (TPSA) is 151 Å². The fourth-order valence-corrected chi connectivity index (χ4v) is 10.5. The van der Waals surface area contributed by atoms with Crippen LogP contribution in [0.5, 0.6) is 17.2 Å². The van der Waals surface area contributed by atoms with Gasteiger partial charge in [0.05, 0.1) is 66.9 Å². The molecule has 3 aliphatic heterocycles. The number of anilines is 3. The van der Waals surface area contributed by atoms with Crippen molar-refractivity contribution in [2.24, 2.45) is 23.7 Å². The number of hydrogen-bond acceptors (Lipinski definition) is 11. The number of fused-ring (bicyclic) bond motifs is 4. The molecule has 62 heavy (non-hydrogen) atoms. The van der Waals surface area contributed by atoms with Gasteiger partial charge in [0.15, 0.2) is 17.3 Å². The van der Waals surface area contributed by atoms with E-state index in [2.05, 4.69) is 15.3 Å². The van der Waals surface area contributed by atoms with Crippen molar-refractivity contribution in [2.75, 3.05) is 55.7 Å². The van der Waals surface area contributed by atoms with Gasteiger partial charge >= 0.3 is 6.18 Å². The number of methoxy groups -OCH3 is 2. The van der Waals surface area contributed by atoms with E-state index in [1.807, 2.05) is 18.2 Å². The molecule has 13 nitrogen and oxygen atoms in total. The van der Waals surface area contributed by atoms with Crippen LogP contribution in [0.3, 0.4) is 0 Å². The molecule has 4 heterocycles. The highest BCUT2D eigenvalue weighted by atomic mass is 35.5. The summed E-state index contributed by atoms with van der Waals surface area (Å²) in [5.74, 6) is -8.01. The zero-order valence-electron chi connectivity index (χ0n) is 33.1. The molecule has 322 valence electrons. The molecule has 2 N–H and O–H groups in total. The van der Waals surface area contributed by atoms with Gasteiger partial charge in [0.1, 0.15) is 0 Å². The molecule has 4 fully saturated rings. The number of aromatic hydroxyl groups is 1. The summed E-state index contributed by atoms with van der Waals surface area (Å²) < 4.78 is 57.4. The third kappa shape index (κ3) is 6.44. The number of hydrogen-bond donors (Lipinski definition) is 2. The SMILES string of the molecule is COc1cc(C2C3=CCC4C(=O)N(c5ccc(N6CCOCC6)cc5)C(=O)C4C3CC3C(=O)N(Nc4ncc(C(F)(F)F)cc4Cl)C(=O)C32c2ccc(Cl)cc2)cc(OC)c1O. The average molecular weight is 893 g/mol. The van der Waals surface area contributed by atoms with E-state index in [9.17, 15) is 27.9 Å². The Labute approximate surface area is 362 Å². The maximum Gasteiger partial charge on any atom is 0.417 e. The van der Waals surface area contributed by atoms with Gasteiger partial charge < -0.3 is 24.2 Å². The summed E-state index contributed by atoms with van der Waals surface area (Å²) in [5.41, 5.74) is 2.29. The van der Waals surface area contributed by atoms with E-state index < -0.39 is 75.4 Å². The van der Waals surface area contributed by atoms with Crippen LogP contribution < -0.4 is 24.7 Å². The first kappa shape index (κ1) is 41.5. The van der Waals surface area contributed by atoms with Gasteiger partial charge in [-0.3, -0.25) is 29.5 Å². The summed E-state index contributed by atoms with van der Waals surface area (Å²) in [6.45, 7) is 2.55. The van der Waals surface area contributed by atoms with Crippen LogP contribution in [0.1, 0.15) is 35.4 Å². The number of carbonyl (C=O) groups is 4. The number of carbonyl (C=O) groups excluding carboxylic acids is 4. The lowest BCUT2D eigenvalue weighted by Crippen LogP contribution is -2.53. The highest BCUT2D eigenvalue weighted by Gasteiger charge is 2.70. The number of rotatable bonds is 8. The lowest BCUT2D eigenvalue weighted by molar-refractivity contribution is -0.139. The second-order valence-electron chi connectivity index (χ2n) is 15.8. The number of pyridine rings is 1. The number of aromatic nitrogens is 1. The summed E-state index contributed by atoms with van der Waals surface area (Å²) in [5, 5.41) is 11.6. The number of morpholine rings is 1. The number of nitrogens with zero attached hydrogens (tertiary/aromatic N) is 4. The highest BCUT2D eigenvalue weighted by molar-refractivity contribution is 6.33. The molecule has 4 amide bonds. The third-order valence-electron chi connectivity index (χ3n) is 12.9. The van der Waals surface area contributed by atoms with E-state index in [4.69, 9.17) is 37.4 Å². The Hall–Kier alpha value is -5.84. The minimum absolute atomic E-state index is 0.00937. The smallest absolute Gasteiger partial charge is 0.417 e. The molecule has 0 bridgehead atoms. The molecule has 0 spiro atoms. The van der Waals surface area contributed by atoms with Gasteiger partial charge in [0, 0.05) is 35.9 Å². The molecule has 1 aromatic heterocycles. The Balaban J connectivity index is 1.19. The highest BCUT2D eigenvalue weighted by Crippen LogP contribution is 2.65. The first-order chi connectivity index (χ1) is 29.7. The summed E-state index contributed by atoms with van der Waals surface area (Å²) in [6.07, 6.45) is -2.34. The van der Waals surface area contributed by atoms with Crippen molar-refractivity contribution in [2.45, 2.75) is 30.4 Å². The van der Waals surface area contributed by atoms with Gasteiger partial charge in [-0.25, -0.2) is 4.98 Å². The second kappa shape index (κ2) is 15.5. The zero-order valence-corrected chi connectivity index (χ0v) is 34.6. The molecule has 6 atom stereocenters. The van der Waals surface area contributed by atoms with Gasteiger partial charge in [-0.05, 0) is 84.5 Å². The number of alkyl halides is 3. The molecule has 4 aromatic rings. The number of benzene rings is 3. The van der Waals surface area contributed by atoms with Crippen molar-refractivity contribution in [3.05, 3.63) is 111 Å². The van der Waals surface area contributed by atoms with Crippen LogP contribution in [0.2, 0.25) is 10.0 Å². The van der Waals surface area contributed by atoms with Crippen molar-refractivity contribution in [1.82, 2.24) is 9.99 Å². The van der Waals surface area contributed by atoms with Crippen molar-refractivity contribution in [3.63, 3.8) is 0 Å². The van der Waals surface area contributed by atoms with Gasteiger partial charge in [0.25, 0.3) is 11.8 Å². The third-order valence-corrected chi connectivity index (χ3v) is 13.4. The van der Waals surface area contributed by atoms with Crippen LogP contribution in [-0.4, -0.2) is 79.3 Å². The van der Waals surface area contributed by atoms with Crippen molar-refractivity contribution in [3.8, 4) is 17.2 Å². The normalized spacial score (nSPS) is 26.0. The standard InChI is InChI=1S/C44H38Cl2F3N5O8/c1-60-33-17-22(18-34(61-2)37(33)55)36-28-11-12-29-35(41(58)53(39(29)56)27-9-7-26(8-10-27)52-13-15-62-16-14-52)30(28)20-31-40(57)54(42(59)43(31,36)23-3-5-25(45)6-4-23)51-38-32(46)19-24(21-50-38)44(47,48)49/h3-11,17-19,21,29-31,35-36,55H,12-16,20H2,1-2H3,(H,50,51). The van der Waals surface area contributed by atoms with E-state index in [1.165, 1.54) is 31.3 Å².